The van der Waals surface area contributed by atoms with Crippen LogP contribution in [0.4, 0.5) is 4.39 Å². The standard InChI is InChI=1S/C25H26ClFN2O5/c1-3-5-15-8-19(30)21-23(32)22(31)17(12-29(21)13-25(15)9-16(10-25)34-2)24(33)28-11-14-6-4-7-18(26)20(14)27/h4-7,12,16,32H,3,8-11,13H2,1-2H3,(H,28,33)/b15-5-. The summed E-state index contributed by atoms with van der Waals surface area (Å²) >= 11 is 5.78. The molecule has 0 bridgehead atoms. The van der Waals surface area contributed by atoms with Crippen LogP contribution in [0.15, 0.2) is 40.8 Å². The summed E-state index contributed by atoms with van der Waals surface area (Å²) in [5.41, 5.74) is -0.588. The number of nitrogens with one attached hydrogen (secondary N) is 1. The van der Waals surface area contributed by atoms with Crippen LogP contribution in [0.1, 0.15) is 59.0 Å². The average Bonchev–Trinajstić information content (AvgIpc) is 2.90. The Labute approximate surface area is 201 Å². The Morgan fingerprint density at radius 1 is 1.38 bits per heavy atom. The van der Waals surface area contributed by atoms with Gasteiger partial charge < -0.3 is 19.7 Å². The van der Waals surface area contributed by atoms with Crippen molar-refractivity contribution in [2.45, 2.75) is 51.8 Å². The highest BCUT2D eigenvalue weighted by Crippen LogP contribution is 2.52. The summed E-state index contributed by atoms with van der Waals surface area (Å²) in [6.45, 7) is 2.12. The number of aromatic nitrogens is 1. The van der Waals surface area contributed by atoms with Crippen LogP contribution in [0.25, 0.3) is 0 Å². The maximum Gasteiger partial charge on any atom is 0.257 e. The minimum absolute atomic E-state index is 0.0558. The van der Waals surface area contributed by atoms with Crippen LogP contribution in [-0.4, -0.2) is 34.6 Å². The predicted octanol–water partition coefficient (Wildman–Crippen LogP) is 3.99. The van der Waals surface area contributed by atoms with Gasteiger partial charge in [-0.05, 0) is 25.3 Å². The van der Waals surface area contributed by atoms with Crippen molar-refractivity contribution in [2.75, 3.05) is 7.11 Å². The quantitative estimate of drug-likeness (QED) is 0.620. The smallest absolute Gasteiger partial charge is 0.257 e. The maximum atomic E-state index is 14.2. The van der Waals surface area contributed by atoms with Crippen LogP contribution in [0.3, 0.4) is 0 Å². The van der Waals surface area contributed by atoms with Gasteiger partial charge in [0, 0.05) is 43.8 Å². The lowest BCUT2D eigenvalue weighted by Crippen LogP contribution is -2.46. The van der Waals surface area contributed by atoms with Crippen molar-refractivity contribution >= 4 is 23.3 Å². The van der Waals surface area contributed by atoms with Gasteiger partial charge in [0.05, 0.1) is 11.1 Å². The highest BCUT2D eigenvalue weighted by molar-refractivity contribution is 6.30. The van der Waals surface area contributed by atoms with Gasteiger partial charge in [0.25, 0.3) is 5.91 Å². The Morgan fingerprint density at radius 3 is 2.79 bits per heavy atom. The number of pyridine rings is 1. The molecule has 1 aliphatic carbocycles. The van der Waals surface area contributed by atoms with E-state index in [1.54, 1.807) is 13.2 Å². The molecule has 2 aromatic rings. The first-order valence-electron chi connectivity index (χ1n) is 11.1. The van der Waals surface area contributed by atoms with E-state index in [2.05, 4.69) is 5.32 Å². The lowest BCUT2D eigenvalue weighted by molar-refractivity contribution is -0.0482. The van der Waals surface area contributed by atoms with Crippen molar-refractivity contribution in [1.29, 1.82) is 0 Å². The number of Topliss-reactive ketones (excluding diaryl/α,β-unsaturated/α-hetero) is 1. The van der Waals surface area contributed by atoms with Gasteiger partial charge in [-0.15, -0.1) is 0 Å². The van der Waals surface area contributed by atoms with Crippen LogP contribution in [0.2, 0.25) is 5.02 Å². The van der Waals surface area contributed by atoms with E-state index in [0.717, 1.165) is 12.0 Å². The van der Waals surface area contributed by atoms with Gasteiger partial charge in [-0.25, -0.2) is 4.39 Å². The molecular formula is C25H26ClFN2O5. The predicted molar refractivity (Wildman–Crippen MR) is 125 cm³/mol. The fourth-order valence-corrected chi connectivity index (χ4v) is 5.16. The second-order valence-corrected chi connectivity index (χ2v) is 9.28. The van der Waals surface area contributed by atoms with Crippen LogP contribution in [0.5, 0.6) is 5.75 Å². The number of rotatable bonds is 5. The summed E-state index contributed by atoms with van der Waals surface area (Å²) in [6.07, 6.45) is 5.63. The number of ketones is 1. The summed E-state index contributed by atoms with van der Waals surface area (Å²) in [5, 5.41) is 13.1. The summed E-state index contributed by atoms with van der Waals surface area (Å²) < 4.78 is 21.1. The number of hydrogen-bond acceptors (Lipinski definition) is 5. The Bertz CT molecular complexity index is 1250. The molecule has 2 aliphatic rings. The molecule has 1 aromatic carbocycles. The molecule has 9 heteroatoms. The minimum atomic E-state index is -0.941. The average molecular weight is 489 g/mol. The van der Waals surface area contributed by atoms with Gasteiger partial charge in [-0.1, -0.05) is 42.3 Å². The Kier molecular flexibility index (Phi) is 6.64. The molecule has 1 aliphatic heterocycles. The number of allylic oxidation sites excluding steroid dienone is 2. The van der Waals surface area contributed by atoms with Crippen LogP contribution >= 0.6 is 11.6 Å². The Balaban J connectivity index is 1.69. The van der Waals surface area contributed by atoms with Gasteiger partial charge >= 0.3 is 0 Å². The van der Waals surface area contributed by atoms with Crippen molar-refractivity contribution < 1.29 is 23.8 Å². The molecule has 2 N–H and O–H groups in total. The maximum absolute atomic E-state index is 14.2. The fraction of sp³-hybridized carbons (Fsp3) is 0.400. The van der Waals surface area contributed by atoms with E-state index in [1.165, 1.54) is 22.9 Å². The number of ether oxygens (including phenoxy) is 1. The van der Waals surface area contributed by atoms with Gasteiger partial charge in [-0.3, -0.25) is 14.4 Å². The molecule has 0 radical (unpaired) electrons. The third-order valence-electron chi connectivity index (χ3n) is 6.76. The van der Waals surface area contributed by atoms with Gasteiger partial charge in [0.15, 0.2) is 11.5 Å². The van der Waals surface area contributed by atoms with E-state index in [-0.39, 0.29) is 52.1 Å². The van der Waals surface area contributed by atoms with E-state index in [1.807, 2.05) is 13.0 Å². The number of aromatic hydroxyl groups is 1. The van der Waals surface area contributed by atoms with Gasteiger partial charge in [0.2, 0.25) is 5.43 Å². The molecule has 180 valence electrons. The number of nitrogens with zero attached hydrogens (tertiary/aromatic N) is 1. The first-order chi connectivity index (χ1) is 16.2. The van der Waals surface area contributed by atoms with Crippen LogP contribution in [0, 0.1) is 11.2 Å². The van der Waals surface area contributed by atoms with E-state index in [0.29, 0.717) is 19.4 Å². The molecule has 1 saturated carbocycles. The van der Waals surface area contributed by atoms with Gasteiger partial charge in [0.1, 0.15) is 17.1 Å². The number of hydrogen-bond donors (Lipinski definition) is 2. The molecule has 0 atom stereocenters. The highest BCUT2D eigenvalue weighted by atomic mass is 35.5. The molecule has 4 rings (SSSR count). The summed E-state index contributed by atoms with van der Waals surface area (Å²) in [6, 6.07) is 4.41. The van der Waals surface area contributed by atoms with Crippen LogP contribution < -0.4 is 10.7 Å². The van der Waals surface area contributed by atoms with Gasteiger partial charge in [-0.2, -0.15) is 0 Å². The van der Waals surface area contributed by atoms with Crippen molar-refractivity contribution in [3.05, 3.63) is 73.9 Å². The van der Waals surface area contributed by atoms with Crippen molar-refractivity contribution in [1.82, 2.24) is 9.88 Å². The third-order valence-corrected chi connectivity index (χ3v) is 7.05. The molecule has 2 heterocycles. The lowest BCUT2D eigenvalue weighted by Gasteiger charge is -2.48. The molecule has 0 saturated heterocycles. The fourth-order valence-electron chi connectivity index (χ4n) is 4.96. The second-order valence-electron chi connectivity index (χ2n) is 8.88. The first-order valence-corrected chi connectivity index (χ1v) is 11.5. The minimum Gasteiger partial charge on any atom is -0.503 e. The summed E-state index contributed by atoms with van der Waals surface area (Å²) in [7, 11) is 1.64. The molecular weight excluding hydrogens is 463 g/mol. The monoisotopic (exact) mass is 488 g/mol. The SMILES string of the molecule is CC/C=C1/CC(=O)c2c(O)c(=O)c(C(=O)NCc3cccc(Cl)c3F)cn2CC12CC(OC)C2. The second kappa shape index (κ2) is 9.35. The lowest BCUT2D eigenvalue weighted by atomic mass is 9.61. The summed E-state index contributed by atoms with van der Waals surface area (Å²) in [5.74, 6) is -2.57. The largest absolute Gasteiger partial charge is 0.503 e. The van der Waals surface area contributed by atoms with Crippen LogP contribution in [-0.2, 0) is 17.8 Å². The van der Waals surface area contributed by atoms with E-state index >= 15 is 0 Å². The third kappa shape index (κ3) is 4.16. The zero-order chi connectivity index (χ0) is 24.6. The molecule has 1 amide bonds. The van der Waals surface area contributed by atoms with Crippen molar-refractivity contribution in [3.8, 4) is 5.75 Å². The molecule has 1 spiro atoms. The molecule has 7 nitrogen and oxygen atoms in total. The molecule has 1 aromatic heterocycles. The number of carbonyl (C=O) groups excluding carboxylic acids is 2. The number of fused-ring (bicyclic) bond motifs is 1. The number of amides is 1. The first kappa shape index (κ1) is 24.2. The van der Waals surface area contributed by atoms with E-state index < -0.39 is 22.9 Å². The number of carbonyl (C=O) groups is 2. The zero-order valence-electron chi connectivity index (χ0n) is 19.0. The van der Waals surface area contributed by atoms with E-state index in [4.69, 9.17) is 16.3 Å². The Hall–Kier alpha value is -2.97. The number of benzene rings is 1. The van der Waals surface area contributed by atoms with Crippen molar-refractivity contribution in [2.24, 2.45) is 5.41 Å². The topological polar surface area (TPSA) is 97.6 Å². The molecule has 34 heavy (non-hydrogen) atoms. The highest BCUT2D eigenvalue weighted by Gasteiger charge is 2.49. The van der Waals surface area contributed by atoms with Crippen molar-refractivity contribution in [3.63, 3.8) is 0 Å². The number of methoxy groups -OCH3 is 1. The molecule has 1 fully saturated rings. The normalized spacial score (nSPS) is 22.9. The summed E-state index contributed by atoms with van der Waals surface area (Å²) in [4.78, 5) is 38.7. The Morgan fingerprint density at radius 2 is 2.12 bits per heavy atom. The number of halogens is 2. The molecule has 0 unspecified atom stereocenters. The zero-order valence-corrected chi connectivity index (χ0v) is 19.7. The van der Waals surface area contributed by atoms with E-state index in [9.17, 15) is 23.9 Å².